The van der Waals surface area contributed by atoms with Gasteiger partial charge < -0.3 is 0 Å². The topological polar surface area (TPSA) is 34.1 Å². The van der Waals surface area contributed by atoms with Crippen LogP contribution in [0.3, 0.4) is 0 Å². The normalized spacial score (nSPS) is 11.7. The third-order valence-corrected chi connectivity index (χ3v) is 3.72. The monoisotopic (exact) mass is 246 g/mol. The Bertz CT molecular complexity index is 464. The first-order chi connectivity index (χ1) is 6.79. The highest BCUT2D eigenvalue weighted by Gasteiger charge is 2.08. The van der Waals surface area contributed by atoms with Crippen molar-refractivity contribution in [2.75, 3.05) is 5.75 Å². The van der Waals surface area contributed by atoms with Gasteiger partial charge in [0.05, 0.1) is 5.75 Å². The van der Waals surface area contributed by atoms with E-state index in [9.17, 15) is 8.42 Å². The Morgan fingerprint density at radius 1 is 1.07 bits per heavy atom. The maximum atomic E-state index is 10.8. The van der Waals surface area contributed by atoms with Crippen molar-refractivity contribution in [2.45, 2.75) is 27.2 Å². The lowest BCUT2D eigenvalue weighted by atomic mass is 9.99. The summed E-state index contributed by atoms with van der Waals surface area (Å²) in [5.41, 5.74) is 4.59. The van der Waals surface area contributed by atoms with Gasteiger partial charge in [-0.25, -0.2) is 8.42 Å². The second kappa shape index (κ2) is 4.54. The highest BCUT2D eigenvalue weighted by molar-refractivity contribution is 8.13. The van der Waals surface area contributed by atoms with Gasteiger partial charge in [0.15, 0.2) is 0 Å². The van der Waals surface area contributed by atoms with E-state index < -0.39 is 9.05 Å². The fourth-order valence-electron chi connectivity index (χ4n) is 1.52. The molecule has 0 aromatic heterocycles. The van der Waals surface area contributed by atoms with Crippen molar-refractivity contribution in [1.82, 2.24) is 0 Å². The molecule has 15 heavy (non-hydrogen) atoms. The lowest BCUT2D eigenvalue weighted by Crippen LogP contribution is -2.03. The number of halogens is 1. The molecule has 0 aliphatic heterocycles. The van der Waals surface area contributed by atoms with E-state index in [1.54, 1.807) is 0 Å². The minimum Gasteiger partial charge on any atom is -0.212 e. The molecule has 0 aliphatic rings. The zero-order valence-corrected chi connectivity index (χ0v) is 10.7. The van der Waals surface area contributed by atoms with E-state index in [1.165, 1.54) is 11.1 Å². The van der Waals surface area contributed by atoms with Crippen LogP contribution in [0.25, 0.3) is 0 Å². The van der Waals surface area contributed by atoms with Gasteiger partial charge in [0.25, 0.3) is 0 Å². The van der Waals surface area contributed by atoms with E-state index >= 15 is 0 Å². The van der Waals surface area contributed by atoms with E-state index in [2.05, 4.69) is 6.07 Å². The van der Waals surface area contributed by atoms with Crippen LogP contribution in [0.4, 0.5) is 0 Å². The van der Waals surface area contributed by atoms with Gasteiger partial charge in [0.1, 0.15) is 0 Å². The van der Waals surface area contributed by atoms with Crippen LogP contribution in [-0.2, 0) is 15.5 Å². The van der Waals surface area contributed by atoms with Crippen molar-refractivity contribution in [3.8, 4) is 0 Å². The number of hydrogen-bond acceptors (Lipinski definition) is 2. The van der Waals surface area contributed by atoms with Gasteiger partial charge in [0.2, 0.25) is 9.05 Å². The summed E-state index contributed by atoms with van der Waals surface area (Å²) < 4.78 is 21.7. The average molecular weight is 247 g/mol. The largest absolute Gasteiger partial charge is 0.232 e. The van der Waals surface area contributed by atoms with Gasteiger partial charge in [-0.15, -0.1) is 0 Å². The van der Waals surface area contributed by atoms with Crippen LogP contribution in [0.5, 0.6) is 0 Å². The summed E-state index contributed by atoms with van der Waals surface area (Å²) in [6.07, 6.45) is 0.485. The molecule has 0 spiro atoms. The third kappa shape index (κ3) is 3.84. The fourth-order valence-corrected chi connectivity index (χ4v) is 2.22. The summed E-state index contributed by atoms with van der Waals surface area (Å²) in [6.45, 7) is 6.06. The van der Waals surface area contributed by atoms with Crippen LogP contribution in [0.2, 0.25) is 0 Å². The van der Waals surface area contributed by atoms with E-state index in [0.29, 0.717) is 6.42 Å². The van der Waals surface area contributed by atoms with E-state index in [1.807, 2.05) is 26.8 Å². The molecule has 0 heterocycles. The molecule has 0 fully saturated rings. The number of rotatable bonds is 3. The fraction of sp³-hybridized carbons (Fsp3) is 0.455. The molecular formula is C11H15ClO2S. The van der Waals surface area contributed by atoms with Gasteiger partial charge >= 0.3 is 0 Å². The highest BCUT2D eigenvalue weighted by atomic mass is 35.7. The van der Waals surface area contributed by atoms with Crippen molar-refractivity contribution in [2.24, 2.45) is 0 Å². The standard InChI is InChI=1S/C11H15ClO2S/c1-8-6-10(3)11(7-9(8)2)4-5-15(12,13)14/h6-7H,4-5H2,1-3H3. The predicted octanol–water partition coefficient (Wildman–Crippen LogP) is 2.72. The van der Waals surface area contributed by atoms with E-state index in [-0.39, 0.29) is 5.75 Å². The van der Waals surface area contributed by atoms with Gasteiger partial charge in [-0.2, -0.15) is 0 Å². The highest BCUT2D eigenvalue weighted by Crippen LogP contribution is 2.16. The molecule has 0 amide bonds. The zero-order chi connectivity index (χ0) is 11.6. The molecule has 84 valence electrons. The van der Waals surface area contributed by atoms with Crippen LogP contribution in [-0.4, -0.2) is 14.2 Å². The zero-order valence-electron chi connectivity index (χ0n) is 9.17. The minimum atomic E-state index is -3.39. The smallest absolute Gasteiger partial charge is 0.212 e. The Hall–Kier alpha value is -0.540. The van der Waals surface area contributed by atoms with Gasteiger partial charge in [-0.3, -0.25) is 0 Å². The Morgan fingerprint density at radius 2 is 1.60 bits per heavy atom. The molecule has 1 aromatic rings. The van der Waals surface area contributed by atoms with Crippen LogP contribution >= 0.6 is 10.7 Å². The summed E-state index contributed by atoms with van der Waals surface area (Å²) in [5.74, 6) is -0.00209. The van der Waals surface area contributed by atoms with Crippen LogP contribution in [0.15, 0.2) is 12.1 Å². The summed E-state index contributed by atoms with van der Waals surface area (Å²) in [4.78, 5) is 0. The first-order valence-corrected chi connectivity index (χ1v) is 7.26. The molecule has 0 atom stereocenters. The molecular weight excluding hydrogens is 232 g/mol. The SMILES string of the molecule is Cc1cc(C)c(CCS(=O)(=O)Cl)cc1C. The number of benzene rings is 1. The molecule has 0 bridgehead atoms. The third-order valence-electron chi connectivity index (χ3n) is 2.57. The van der Waals surface area contributed by atoms with Crippen LogP contribution < -0.4 is 0 Å². The van der Waals surface area contributed by atoms with Crippen molar-refractivity contribution in [3.63, 3.8) is 0 Å². The number of aryl methyl sites for hydroxylation is 4. The lowest BCUT2D eigenvalue weighted by Gasteiger charge is -2.08. The summed E-state index contributed by atoms with van der Waals surface area (Å²) in [7, 11) is 1.79. The van der Waals surface area contributed by atoms with Gasteiger partial charge in [-0.05, 0) is 49.4 Å². The average Bonchev–Trinajstić information content (AvgIpc) is 2.07. The molecule has 0 saturated heterocycles. The first kappa shape index (κ1) is 12.5. The summed E-state index contributed by atoms with van der Waals surface area (Å²) >= 11 is 0. The van der Waals surface area contributed by atoms with E-state index in [0.717, 1.165) is 11.1 Å². The molecule has 0 unspecified atom stereocenters. The molecule has 0 aliphatic carbocycles. The molecule has 2 nitrogen and oxygen atoms in total. The van der Waals surface area contributed by atoms with Crippen LogP contribution in [0.1, 0.15) is 22.3 Å². The van der Waals surface area contributed by atoms with Crippen molar-refractivity contribution < 1.29 is 8.42 Å². The van der Waals surface area contributed by atoms with Crippen LogP contribution in [0, 0.1) is 20.8 Å². The molecule has 4 heteroatoms. The summed E-state index contributed by atoms with van der Waals surface area (Å²) in [5, 5.41) is 0. The maximum absolute atomic E-state index is 10.8. The molecule has 1 aromatic carbocycles. The lowest BCUT2D eigenvalue weighted by molar-refractivity contribution is 0.609. The molecule has 0 saturated carbocycles. The molecule has 1 rings (SSSR count). The first-order valence-electron chi connectivity index (χ1n) is 4.78. The molecule has 0 radical (unpaired) electrons. The number of hydrogen-bond donors (Lipinski definition) is 0. The maximum Gasteiger partial charge on any atom is 0.232 e. The van der Waals surface area contributed by atoms with Gasteiger partial charge in [0, 0.05) is 10.7 Å². The molecule has 0 N–H and O–H groups in total. The Balaban J connectivity index is 2.91. The van der Waals surface area contributed by atoms with Crippen molar-refractivity contribution in [1.29, 1.82) is 0 Å². The van der Waals surface area contributed by atoms with Gasteiger partial charge in [-0.1, -0.05) is 12.1 Å². The second-order valence-corrected chi connectivity index (χ2v) is 6.75. The second-order valence-electron chi connectivity index (χ2n) is 3.86. The quantitative estimate of drug-likeness (QED) is 0.769. The van der Waals surface area contributed by atoms with E-state index in [4.69, 9.17) is 10.7 Å². The summed E-state index contributed by atoms with van der Waals surface area (Å²) in [6, 6.07) is 4.11. The Kier molecular flexibility index (Phi) is 3.79. The predicted molar refractivity (Wildman–Crippen MR) is 64.0 cm³/mol. The van der Waals surface area contributed by atoms with Crippen molar-refractivity contribution >= 4 is 19.7 Å². The van der Waals surface area contributed by atoms with Crippen molar-refractivity contribution in [3.05, 3.63) is 34.4 Å². The Morgan fingerprint density at radius 3 is 2.13 bits per heavy atom. The minimum absolute atomic E-state index is 0.00209. The Labute approximate surface area is 95.7 Å².